The van der Waals surface area contributed by atoms with Crippen molar-refractivity contribution >= 4 is 0 Å². The molecule has 2 bridgehead atoms. The van der Waals surface area contributed by atoms with Gasteiger partial charge in [-0.15, -0.1) is 0 Å². The predicted molar refractivity (Wildman–Crippen MR) is 95.5 cm³/mol. The molecule has 4 nitrogen and oxygen atoms in total. The Morgan fingerprint density at radius 2 is 2.29 bits per heavy atom. The average Bonchev–Trinajstić information content (AvgIpc) is 2.55. The molecule has 0 aromatic carbocycles. The van der Waals surface area contributed by atoms with E-state index in [-0.39, 0.29) is 0 Å². The Bertz CT molecular complexity index is 570. The first kappa shape index (κ1) is 17.6. The Morgan fingerprint density at radius 3 is 2.96 bits per heavy atom. The number of allylic oxidation sites excluding steroid dienone is 1. The average molecular weight is 330 g/mol. The van der Waals surface area contributed by atoms with Crippen molar-refractivity contribution in [3.63, 3.8) is 0 Å². The number of hydrogen-bond donors (Lipinski definition) is 1. The molecule has 0 saturated heterocycles. The van der Waals surface area contributed by atoms with Gasteiger partial charge in [0.2, 0.25) is 0 Å². The van der Waals surface area contributed by atoms with E-state index in [1.54, 1.807) is 6.20 Å². The summed E-state index contributed by atoms with van der Waals surface area (Å²) in [5.41, 5.74) is 3.04. The molecular weight excluding hydrogens is 300 g/mol. The van der Waals surface area contributed by atoms with E-state index in [2.05, 4.69) is 35.9 Å². The third-order valence-electron chi connectivity index (χ3n) is 5.86. The van der Waals surface area contributed by atoms with E-state index in [1.807, 2.05) is 19.3 Å². The summed E-state index contributed by atoms with van der Waals surface area (Å²) in [5, 5.41) is 10.2. The highest BCUT2D eigenvalue weighted by Gasteiger charge is 2.50. The number of ether oxygens (including phenoxy) is 1. The van der Waals surface area contributed by atoms with E-state index < -0.39 is 6.10 Å². The lowest BCUT2D eigenvalue weighted by atomic mass is 9.49. The van der Waals surface area contributed by atoms with Crippen LogP contribution in [0.1, 0.15) is 32.3 Å². The molecule has 0 aliphatic heterocycles. The van der Waals surface area contributed by atoms with Gasteiger partial charge in [0, 0.05) is 25.5 Å². The lowest BCUT2D eigenvalue weighted by molar-refractivity contribution is -0.0257. The fraction of sp³-hybridized carbons (Fsp3) is 0.650. The molecule has 3 aliphatic carbocycles. The number of aromatic nitrogens is 1. The number of likely N-dealkylation sites (N-methyl/N-ethyl adjacent to an activating group) is 1. The van der Waals surface area contributed by atoms with E-state index in [4.69, 9.17) is 4.74 Å². The molecule has 4 rings (SSSR count). The quantitative estimate of drug-likeness (QED) is 0.745. The van der Waals surface area contributed by atoms with Gasteiger partial charge in [0.15, 0.2) is 0 Å². The molecular formula is C20H30N2O2. The molecule has 1 heterocycles. The number of aliphatic hydroxyl groups is 1. The number of rotatable bonds is 8. The van der Waals surface area contributed by atoms with Gasteiger partial charge in [-0.3, -0.25) is 9.88 Å². The maximum absolute atomic E-state index is 10.2. The molecule has 0 radical (unpaired) electrons. The molecule has 1 fully saturated rings. The summed E-state index contributed by atoms with van der Waals surface area (Å²) in [7, 11) is 2.01. The summed E-state index contributed by atoms with van der Waals surface area (Å²) in [6.45, 7) is 7.20. The first-order valence-corrected chi connectivity index (χ1v) is 8.99. The van der Waals surface area contributed by atoms with Crippen molar-refractivity contribution in [1.29, 1.82) is 0 Å². The van der Waals surface area contributed by atoms with Gasteiger partial charge in [0.05, 0.1) is 19.3 Å². The monoisotopic (exact) mass is 330 g/mol. The largest absolute Gasteiger partial charge is 0.389 e. The van der Waals surface area contributed by atoms with Crippen molar-refractivity contribution in [1.82, 2.24) is 9.88 Å². The summed E-state index contributed by atoms with van der Waals surface area (Å²) >= 11 is 0. The fourth-order valence-electron chi connectivity index (χ4n) is 4.23. The summed E-state index contributed by atoms with van der Waals surface area (Å²) < 4.78 is 5.82. The topological polar surface area (TPSA) is 45.6 Å². The van der Waals surface area contributed by atoms with Crippen molar-refractivity contribution in [2.45, 2.75) is 39.3 Å². The van der Waals surface area contributed by atoms with Crippen LogP contribution in [0.3, 0.4) is 0 Å². The molecule has 24 heavy (non-hydrogen) atoms. The van der Waals surface area contributed by atoms with E-state index in [0.29, 0.717) is 31.1 Å². The van der Waals surface area contributed by atoms with Crippen LogP contribution in [0.4, 0.5) is 0 Å². The summed E-state index contributed by atoms with van der Waals surface area (Å²) in [6.07, 6.45) is 8.06. The fourth-order valence-corrected chi connectivity index (χ4v) is 4.23. The van der Waals surface area contributed by atoms with Gasteiger partial charge in [-0.1, -0.05) is 26.0 Å². The molecule has 4 heteroatoms. The van der Waals surface area contributed by atoms with Crippen LogP contribution >= 0.6 is 0 Å². The zero-order valence-corrected chi connectivity index (χ0v) is 15.1. The highest BCUT2D eigenvalue weighted by Crippen LogP contribution is 2.59. The van der Waals surface area contributed by atoms with Crippen molar-refractivity contribution in [2.75, 3.05) is 26.8 Å². The number of fused-ring (bicyclic) bond motifs is 1. The van der Waals surface area contributed by atoms with E-state index in [9.17, 15) is 5.11 Å². The van der Waals surface area contributed by atoms with Crippen LogP contribution in [-0.4, -0.2) is 47.9 Å². The minimum absolute atomic E-state index is 0.394. The molecule has 1 aromatic heterocycles. The van der Waals surface area contributed by atoms with Gasteiger partial charge in [0.1, 0.15) is 0 Å². The molecule has 1 saturated carbocycles. The molecule has 1 N–H and O–H groups in total. The molecule has 3 atom stereocenters. The summed E-state index contributed by atoms with van der Waals surface area (Å²) in [4.78, 5) is 6.22. The van der Waals surface area contributed by atoms with Crippen LogP contribution in [0.5, 0.6) is 0 Å². The van der Waals surface area contributed by atoms with Gasteiger partial charge >= 0.3 is 0 Å². The lowest BCUT2D eigenvalue weighted by Gasteiger charge is -2.56. The maximum atomic E-state index is 10.2. The minimum atomic E-state index is -0.460. The van der Waals surface area contributed by atoms with Gasteiger partial charge in [-0.05, 0) is 54.3 Å². The van der Waals surface area contributed by atoms with Crippen molar-refractivity contribution < 1.29 is 9.84 Å². The SMILES string of the molecule is CN(Cc1cccnc1)CC(O)COCC1=CCC2CC1C2(C)C. The Hall–Kier alpha value is -1.23. The normalized spacial score (nSPS) is 26.0. The second kappa shape index (κ2) is 7.34. The van der Waals surface area contributed by atoms with E-state index >= 15 is 0 Å². The third kappa shape index (κ3) is 3.88. The van der Waals surface area contributed by atoms with Crippen LogP contribution in [0, 0.1) is 17.3 Å². The summed E-state index contributed by atoms with van der Waals surface area (Å²) in [5.74, 6) is 1.54. The Morgan fingerprint density at radius 1 is 1.46 bits per heavy atom. The third-order valence-corrected chi connectivity index (χ3v) is 5.86. The van der Waals surface area contributed by atoms with Crippen molar-refractivity contribution in [2.24, 2.45) is 17.3 Å². The van der Waals surface area contributed by atoms with Crippen LogP contribution in [-0.2, 0) is 11.3 Å². The van der Waals surface area contributed by atoms with E-state index in [1.165, 1.54) is 18.4 Å². The molecule has 0 amide bonds. The first-order valence-electron chi connectivity index (χ1n) is 8.99. The van der Waals surface area contributed by atoms with Crippen LogP contribution in [0.25, 0.3) is 0 Å². The van der Waals surface area contributed by atoms with Gasteiger partial charge < -0.3 is 9.84 Å². The Balaban J connectivity index is 1.37. The second-order valence-electron chi connectivity index (χ2n) is 8.05. The number of pyridine rings is 1. The minimum Gasteiger partial charge on any atom is -0.389 e. The first-order chi connectivity index (χ1) is 11.5. The zero-order chi connectivity index (χ0) is 17.2. The summed E-state index contributed by atoms with van der Waals surface area (Å²) in [6, 6.07) is 3.99. The van der Waals surface area contributed by atoms with E-state index in [0.717, 1.165) is 18.0 Å². The highest BCUT2D eigenvalue weighted by molar-refractivity contribution is 5.23. The number of nitrogens with zero attached hydrogens (tertiary/aromatic N) is 2. The van der Waals surface area contributed by atoms with Crippen LogP contribution < -0.4 is 0 Å². The van der Waals surface area contributed by atoms with Crippen molar-refractivity contribution in [3.8, 4) is 0 Å². The number of hydrogen-bond acceptors (Lipinski definition) is 4. The Kier molecular flexibility index (Phi) is 5.38. The molecule has 3 unspecified atom stereocenters. The second-order valence-corrected chi connectivity index (χ2v) is 8.05. The lowest BCUT2D eigenvalue weighted by Crippen LogP contribution is -2.48. The van der Waals surface area contributed by atoms with Gasteiger partial charge in [-0.25, -0.2) is 0 Å². The van der Waals surface area contributed by atoms with Crippen molar-refractivity contribution in [3.05, 3.63) is 41.7 Å². The van der Waals surface area contributed by atoms with Gasteiger partial charge in [0.25, 0.3) is 0 Å². The van der Waals surface area contributed by atoms with Gasteiger partial charge in [-0.2, -0.15) is 0 Å². The number of aliphatic hydroxyl groups excluding tert-OH is 1. The molecule has 3 aliphatic rings. The molecule has 1 aromatic rings. The standard InChI is InChI=1S/C20H30N2O2/c1-20(2)17-7-6-16(19(20)9-17)13-24-14-18(23)12-22(3)11-15-5-4-8-21-10-15/h4-6,8,10,17-19,23H,7,9,11-14H2,1-3H3. The molecule has 132 valence electrons. The maximum Gasteiger partial charge on any atom is 0.0900 e. The smallest absolute Gasteiger partial charge is 0.0900 e. The highest BCUT2D eigenvalue weighted by atomic mass is 16.5. The van der Waals surface area contributed by atoms with Crippen LogP contribution in [0.15, 0.2) is 36.2 Å². The zero-order valence-electron chi connectivity index (χ0n) is 15.1. The molecule has 0 spiro atoms. The predicted octanol–water partition coefficient (Wildman–Crippen LogP) is 2.88. The van der Waals surface area contributed by atoms with Crippen LogP contribution in [0.2, 0.25) is 0 Å². The Labute approximate surface area is 145 Å².